The van der Waals surface area contributed by atoms with Gasteiger partial charge in [-0.05, 0) is 55.6 Å². The molecule has 3 rings (SSSR count). The second-order valence-corrected chi connectivity index (χ2v) is 6.73. The average Bonchev–Trinajstić information content (AvgIpc) is 3.20. The Labute approximate surface area is 131 Å². The molecule has 1 heterocycles. The van der Waals surface area contributed by atoms with Gasteiger partial charge in [0.15, 0.2) is 0 Å². The Hall–Kier alpha value is -1.32. The SMILES string of the molecule is CCNC(c1ccc(OC2CC2)cc1)c1ccc(CC)s1. The molecule has 3 heteroatoms. The molecule has 1 aromatic heterocycles. The second-order valence-electron chi connectivity index (χ2n) is 5.53. The lowest BCUT2D eigenvalue weighted by atomic mass is 10.1. The van der Waals surface area contributed by atoms with E-state index >= 15 is 0 Å². The molecule has 0 saturated heterocycles. The molecule has 2 nitrogen and oxygen atoms in total. The molecule has 112 valence electrons. The van der Waals surface area contributed by atoms with E-state index in [0.29, 0.717) is 6.10 Å². The summed E-state index contributed by atoms with van der Waals surface area (Å²) in [5, 5.41) is 3.59. The first kappa shape index (κ1) is 14.6. The number of ether oxygens (including phenoxy) is 1. The largest absolute Gasteiger partial charge is 0.490 e. The predicted octanol–water partition coefficient (Wildman–Crippen LogP) is 4.55. The van der Waals surface area contributed by atoms with Crippen LogP contribution in [0, 0.1) is 0 Å². The molecule has 1 saturated carbocycles. The lowest BCUT2D eigenvalue weighted by Crippen LogP contribution is -2.21. The van der Waals surface area contributed by atoms with E-state index in [4.69, 9.17) is 4.74 Å². The minimum Gasteiger partial charge on any atom is -0.490 e. The van der Waals surface area contributed by atoms with Crippen LogP contribution in [0.4, 0.5) is 0 Å². The van der Waals surface area contributed by atoms with E-state index in [2.05, 4.69) is 55.6 Å². The van der Waals surface area contributed by atoms with E-state index in [0.717, 1.165) is 18.7 Å². The monoisotopic (exact) mass is 301 g/mol. The van der Waals surface area contributed by atoms with Gasteiger partial charge in [0.25, 0.3) is 0 Å². The fourth-order valence-corrected chi connectivity index (χ4v) is 3.50. The van der Waals surface area contributed by atoms with Crippen molar-refractivity contribution in [2.24, 2.45) is 0 Å². The predicted molar refractivity (Wildman–Crippen MR) is 89.3 cm³/mol. The van der Waals surface area contributed by atoms with Gasteiger partial charge >= 0.3 is 0 Å². The number of nitrogens with one attached hydrogen (secondary N) is 1. The van der Waals surface area contributed by atoms with E-state index in [-0.39, 0.29) is 6.04 Å². The van der Waals surface area contributed by atoms with Gasteiger partial charge in [0.1, 0.15) is 5.75 Å². The Morgan fingerprint density at radius 2 is 1.90 bits per heavy atom. The van der Waals surface area contributed by atoms with E-state index in [1.807, 2.05) is 11.3 Å². The van der Waals surface area contributed by atoms with Crippen molar-refractivity contribution < 1.29 is 4.74 Å². The molecule has 21 heavy (non-hydrogen) atoms. The van der Waals surface area contributed by atoms with Gasteiger partial charge < -0.3 is 10.1 Å². The van der Waals surface area contributed by atoms with Crippen molar-refractivity contribution in [3.05, 3.63) is 51.7 Å². The lowest BCUT2D eigenvalue weighted by Gasteiger charge is -2.17. The Kier molecular flexibility index (Phi) is 4.61. The maximum atomic E-state index is 5.83. The fourth-order valence-electron chi connectivity index (χ4n) is 2.44. The molecular formula is C18H23NOS. The molecule has 1 aromatic carbocycles. The van der Waals surface area contributed by atoms with E-state index in [1.165, 1.54) is 28.2 Å². The summed E-state index contributed by atoms with van der Waals surface area (Å²) in [5.74, 6) is 0.997. The molecule has 0 amide bonds. The van der Waals surface area contributed by atoms with Crippen LogP contribution in [-0.2, 0) is 6.42 Å². The van der Waals surface area contributed by atoms with Crippen LogP contribution in [0.2, 0.25) is 0 Å². The van der Waals surface area contributed by atoms with E-state index in [9.17, 15) is 0 Å². The van der Waals surface area contributed by atoms with Crippen LogP contribution in [0.5, 0.6) is 5.75 Å². The quantitative estimate of drug-likeness (QED) is 0.810. The van der Waals surface area contributed by atoms with E-state index in [1.54, 1.807) is 0 Å². The van der Waals surface area contributed by atoms with Crippen molar-refractivity contribution in [1.29, 1.82) is 0 Å². The van der Waals surface area contributed by atoms with E-state index < -0.39 is 0 Å². The zero-order valence-corrected chi connectivity index (χ0v) is 13.6. The first-order chi connectivity index (χ1) is 10.3. The maximum Gasteiger partial charge on any atom is 0.119 e. The smallest absolute Gasteiger partial charge is 0.119 e. The summed E-state index contributed by atoms with van der Waals surface area (Å²) in [6.07, 6.45) is 3.98. The summed E-state index contributed by atoms with van der Waals surface area (Å²) >= 11 is 1.91. The standard InChI is InChI=1S/C18H23NOS/c1-3-16-11-12-17(21-16)18(19-4-2)13-5-7-14(8-6-13)20-15-9-10-15/h5-8,11-12,15,18-19H,3-4,9-10H2,1-2H3. The van der Waals surface area contributed by atoms with Gasteiger partial charge in [0, 0.05) is 9.75 Å². The van der Waals surface area contributed by atoms with Crippen molar-refractivity contribution in [1.82, 2.24) is 5.32 Å². The Morgan fingerprint density at radius 3 is 2.48 bits per heavy atom. The number of hydrogen-bond acceptors (Lipinski definition) is 3. The third-order valence-electron chi connectivity index (χ3n) is 3.76. The van der Waals surface area contributed by atoms with Gasteiger partial charge in [-0.2, -0.15) is 0 Å². The molecular weight excluding hydrogens is 278 g/mol. The summed E-state index contributed by atoms with van der Waals surface area (Å²) in [7, 11) is 0. The Balaban J connectivity index is 1.78. The summed E-state index contributed by atoms with van der Waals surface area (Å²) in [4.78, 5) is 2.84. The number of thiophene rings is 1. The second kappa shape index (κ2) is 6.63. The molecule has 1 unspecified atom stereocenters. The lowest BCUT2D eigenvalue weighted by molar-refractivity contribution is 0.303. The van der Waals surface area contributed by atoms with Gasteiger partial charge in [0.2, 0.25) is 0 Å². The van der Waals surface area contributed by atoms with Gasteiger partial charge in [-0.25, -0.2) is 0 Å². The highest BCUT2D eigenvalue weighted by atomic mass is 32.1. The average molecular weight is 301 g/mol. The number of hydrogen-bond donors (Lipinski definition) is 1. The molecule has 0 spiro atoms. The highest BCUT2D eigenvalue weighted by Gasteiger charge is 2.23. The summed E-state index contributed by atoms with van der Waals surface area (Å²) < 4.78 is 5.83. The van der Waals surface area contributed by atoms with Gasteiger partial charge in [-0.15, -0.1) is 11.3 Å². The molecule has 1 atom stereocenters. The molecule has 1 fully saturated rings. The fraction of sp³-hybridized carbons (Fsp3) is 0.444. The summed E-state index contributed by atoms with van der Waals surface area (Å²) in [6.45, 7) is 5.33. The first-order valence-electron chi connectivity index (χ1n) is 7.88. The van der Waals surface area contributed by atoms with Gasteiger partial charge in [-0.1, -0.05) is 26.0 Å². The maximum absolute atomic E-state index is 5.83. The van der Waals surface area contributed by atoms with Crippen molar-refractivity contribution in [3.8, 4) is 5.75 Å². The molecule has 0 bridgehead atoms. The van der Waals surface area contributed by atoms with Gasteiger partial charge in [0.05, 0.1) is 12.1 Å². The molecule has 1 aliphatic rings. The highest BCUT2D eigenvalue weighted by molar-refractivity contribution is 7.12. The van der Waals surface area contributed by atoms with Crippen LogP contribution >= 0.6 is 11.3 Å². The van der Waals surface area contributed by atoms with Crippen molar-refractivity contribution in [2.45, 2.75) is 45.3 Å². The van der Waals surface area contributed by atoms with Crippen LogP contribution in [0.1, 0.15) is 48.0 Å². The topological polar surface area (TPSA) is 21.3 Å². The van der Waals surface area contributed by atoms with Crippen molar-refractivity contribution in [3.63, 3.8) is 0 Å². The normalized spacial score (nSPS) is 15.9. The summed E-state index contributed by atoms with van der Waals surface area (Å²) in [6, 6.07) is 13.4. The number of benzene rings is 1. The zero-order chi connectivity index (χ0) is 14.7. The Bertz CT molecular complexity index is 571. The minimum atomic E-state index is 0.287. The third kappa shape index (κ3) is 3.66. The minimum absolute atomic E-state index is 0.287. The number of aryl methyl sites for hydroxylation is 1. The summed E-state index contributed by atoms with van der Waals surface area (Å²) in [5.41, 5.74) is 1.31. The molecule has 1 aliphatic carbocycles. The number of rotatable bonds is 7. The van der Waals surface area contributed by atoms with Crippen LogP contribution < -0.4 is 10.1 Å². The zero-order valence-electron chi connectivity index (χ0n) is 12.8. The van der Waals surface area contributed by atoms with Crippen molar-refractivity contribution >= 4 is 11.3 Å². The molecule has 2 aromatic rings. The van der Waals surface area contributed by atoms with Crippen LogP contribution in [0.15, 0.2) is 36.4 Å². The van der Waals surface area contributed by atoms with Crippen molar-refractivity contribution in [2.75, 3.05) is 6.54 Å². The van der Waals surface area contributed by atoms with Crippen LogP contribution in [-0.4, -0.2) is 12.6 Å². The van der Waals surface area contributed by atoms with Gasteiger partial charge in [-0.3, -0.25) is 0 Å². The molecule has 0 radical (unpaired) electrons. The highest BCUT2D eigenvalue weighted by Crippen LogP contribution is 2.31. The Morgan fingerprint density at radius 1 is 1.14 bits per heavy atom. The van der Waals surface area contributed by atoms with Crippen LogP contribution in [0.25, 0.3) is 0 Å². The third-order valence-corrected chi connectivity index (χ3v) is 5.06. The van der Waals surface area contributed by atoms with Crippen LogP contribution in [0.3, 0.4) is 0 Å². The first-order valence-corrected chi connectivity index (χ1v) is 8.70. The molecule has 1 N–H and O–H groups in total. The molecule has 0 aliphatic heterocycles.